The van der Waals surface area contributed by atoms with Gasteiger partial charge in [0.1, 0.15) is 11.6 Å². The number of ether oxygens (including phenoxy) is 3. The Bertz CT molecular complexity index is 2270. The van der Waals surface area contributed by atoms with Crippen LogP contribution in [0.5, 0.6) is 17.2 Å². The molecule has 0 spiro atoms. The highest BCUT2D eigenvalue weighted by Gasteiger charge is 2.42. The van der Waals surface area contributed by atoms with Crippen LogP contribution in [0.4, 0.5) is 11.5 Å². The molecule has 1 fully saturated rings. The van der Waals surface area contributed by atoms with Gasteiger partial charge in [0.25, 0.3) is 0 Å². The first kappa shape index (κ1) is 34.1. The zero-order valence-corrected chi connectivity index (χ0v) is 29.2. The van der Waals surface area contributed by atoms with Crippen LogP contribution in [0.1, 0.15) is 35.6 Å². The van der Waals surface area contributed by atoms with Crippen molar-refractivity contribution in [2.45, 2.75) is 32.0 Å². The molecule has 11 heteroatoms. The summed E-state index contributed by atoms with van der Waals surface area (Å²) in [5.41, 5.74) is 4.18. The maximum atomic E-state index is 14.4. The summed E-state index contributed by atoms with van der Waals surface area (Å²) < 4.78 is 19.8. The molecule has 6 aromatic rings. The lowest BCUT2D eigenvalue weighted by atomic mass is 9.83. The minimum absolute atomic E-state index is 0.113. The first-order valence-electron chi connectivity index (χ1n) is 17.1. The van der Waals surface area contributed by atoms with Gasteiger partial charge >= 0.3 is 5.69 Å². The highest BCUT2D eigenvalue weighted by Crippen LogP contribution is 2.43. The number of methoxy groups -OCH3 is 3. The number of carbonyl (C=O) groups excluding carboxylic acids is 2. The van der Waals surface area contributed by atoms with Gasteiger partial charge in [-0.2, -0.15) is 0 Å². The van der Waals surface area contributed by atoms with Crippen molar-refractivity contribution in [2.24, 2.45) is 5.92 Å². The second-order valence-corrected chi connectivity index (χ2v) is 12.6. The number of amides is 2. The van der Waals surface area contributed by atoms with Crippen molar-refractivity contribution in [1.29, 1.82) is 0 Å². The Morgan fingerprint density at radius 2 is 1.40 bits per heavy atom. The zero-order valence-electron chi connectivity index (χ0n) is 29.2. The summed E-state index contributed by atoms with van der Waals surface area (Å²) in [6.07, 6.45) is 0.476. The number of carbonyl (C=O) groups is 2. The third-order valence-electron chi connectivity index (χ3n) is 9.51. The Labute approximate surface area is 301 Å². The van der Waals surface area contributed by atoms with Gasteiger partial charge in [0.05, 0.1) is 51.9 Å². The molecule has 264 valence electrons. The molecule has 3 heterocycles. The summed E-state index contributed by atoms with van der Waals surface area (Å²) >= 11 is 0. The Kier molecular flexibility index (Phi) is 9.75. The van der Waals surface area contributed by atoms with Gasteiger partial charge in [-0.15, -0.1) is 0 Å². The fourth-order valence-electron chi connectivity index (χ4n) is 6.94. The number of fused-ring (bicyclic) bond motifs is 1. The zero-order chi connectivity index (χ0) is 36.2. The van der Waals surface area contributed by atoms with E-state index in [0.717, 1.165) is 11.1 Å². The lowest BCUT2D eigenvalue weighted by molar-refractivity contribution is -0.126. The number of imidazole rings is 1. The van der Waals surface area contributed by atoms with Crippen molar-refractivity contribution >= 4 is 34.5 Å². The van der Waals surface area contributed by atoms with Crippen molar-refractivity contribution in [2.75, 3.05) is 31.5 Å². The first-order chi connectivity index (χ1) is 25.4. The highest BCUT2D eigenvalue weighted by molar-refractivity contribution is 6.00. The minimum atomic E-state index is -0.679. The van der Waals surface area contributed by atoms with Gasteiger partial charge in [0.2, 0.25) is 11.8 Å². The van der Waals surface area contributed by atoms with E-state index in [0.29, 0.717) is 65.0 Å². The van der Waals surface area contributed by atoms with Crippen molar-refractivity contribution in [3.63, 3.8) is 0 Å². The molecule has 4 aromatic carbocycles. The number of pyridine rings is 1. The van der Waals surface area contributed by atoms with Crippen LogP contribution in [0.3, 0.4) is 0 Å². The van der Waals surface area contributed by atoms with E-state index in [-0.39, 0.29) is 23.9 Å². The summed E-state index contributed by atoms with van der Waals surface area (Å²) in [7, 11) is 4.69. The SMILES string of the molecule is COc1ccc(N2C(=O)CCC(C(=O)Nc3ccc4c(n3)n(Cc3ccccc3)c(=O)n4Cc3ccccc3)C2c2ccc(OC)c(OC)c2)cc1. The Balaban J connectivity index is 1.27. The standard InChI is InChI=1S/C41H39N5O6/c1-50-31-17-15-30(16-18-31)46-37(47)23-19-32(38(46)29-14-21-34(51-2)35(24-29)52-3)40(48)43-36-22-20-33-39(42-36)45(26-28-12-8-5-9-13-28)41(49)44(33)25-27-10-6-4-7-11-27/h4-18,20-22,24,32,38H,19,23,25-26H2,1-3H3,(H,42,43,48). The Morgan fingerprint density at radius 1 is 0.750 bits per heavy atom. The van der Waals surface area contributed by atoms with Crippen molar-refractivity contribution in [1.82, 2.24) is 14.1 Å². The predicted molar refractivity (Wildman–Crippen MR) is 199 cm³/mol. The molecular weight excluding hydrogens is 658 g/mol. The number of nitrogens with zero attached hydrogens (tertiary/aromatic N) is 4. The van der Waals surface area contributed by atoms with Gasteiger partial charge in [0.15, 0.2) is 17.1 Å². The average molecular weight is 698 g/mol. The van der Waals surface area contributed by atoms with E-state index in [1.807, 2.05) is 84.9 Å². The quantitative estimate of drug-likeness (QED) is 0.166. The number of anilines is 2. The molecule has 2 amide bonds. The van der Waals surface area contributed by atoms with Gasteiger partial charge in [-0.1, -0.05) is 66.7 Å². The largest absolute Gasteiger partial charge is 0.497 e. The van der Waals surface area contributed by atoms with Crippen LogP contribution < -0.4 is 30.1 Å². The predicted octanol–water partition coefficient (Wildman–Crippen LogP) is 6.44. The van der Waals surface area contributed by atoms with Crippen LogP contribution in [0.15, 0.2) is 120 Å². The minimum Gasteiger partial charge on any atom is -0.497 e. The van der Waals surface area contributed by atoms with Crippen LogP contribution >= 0.6 is 0 Å². The Morgan fingerprint density at radius 3 is 2.04 bits per heavy atom. The third-order valence-corrected chi connectivity index (χ3v) is 9.51. The second kappa shape index (κ2) is 14.9. The molecule has 11 nitrogen and oxygen atoms in total. The number of rotatable bonds is 11. The second-order valence-electron chi connectivity index (χ2n) is 12.6. The summed E-state index contributed by atoms with van der Waals surface area (Å²) in [6.45, 7) is 0.681. The van der Waals surface area contributed by atoms with Crippen molar-refractivity contribution in [3.05, 3.63) is 142 Å². The number of hydrogen-bond acceptors (Lipinski definition) is 7. The maximum absolute atomic E-state index is 14.4. The van der Waals surface area contributed by atoms with Crippen LogP contribution in [-0.4, -0.2) is 47.3 Å². The van der Waals surface area contributed by atoms with E-state index in [4.69, 9.17) is 19.2 Å². The van der Waals surface area contributed by atoms with Crippen molar-refractivity contribution < 1.29 is 23.8 Å². The van der Waals surface area contributed by atoms with E-state index >= 15 is 0 Å². The fourth-order valence-corrected chi connectivity index (χ4v) is 6.94. The monoisotopic (exact) mass is 697 g/mol. The average Bonchev–Trinajstić information content (AvgIpc) is 3.43. The lowest BCUT2D eigenvalue weighted by Crippen LogP contribution is -2.47. The molecule has 7 rings (SSSR count). The summed E-state index contributed by atoms with van der Waals surface area (Å²) in [4.78, 5) is 48.6. The molecule has 1 saturated heterocycles. The lowest BCUT2D eigenvalue weighted by Gasteiger charge is -2.41. The maximum Gasteiger partial charge on any atom is 0.330 e. The van der Waals surface area contributed by atoms with Gasteiger partial charge in [-0.25, -0.2) is 9.78 Å². The molecule has 1 aliphatic rings. The molecule has 0 radical (unpaired) electrons. The number of benzene rings is 4. The molecular formula is C41H39N5O6. The highest BCUT2D eigenvalue weighted by atomic mass is 16.5. The first-order valence-corrected chi connectivity index (χ1v) is 17.1. The third kappa shape index (κ3) is 6.72. The van der Waals surface area contributed by atoms with Gasteiger partial charge in [-0.05, 0) is 71.6 Å². The molecule has 0 aliphatic carbocycles. The Hall–Kier alpha value is -6.36. The number of nitrogens with one attached hydrogen (secondary N) is 1. The summed E-state index contributed by atoms with van der Waals surface area (Å²) in [6, 6.07) is 35.0. The summed E-state index contributed by atoms with van der Waals surface area (Å²) in [5.74, 6) is 0.880. The van der Waals surface area contributed by atoms with Crippen LogP contribution in [0.25, 0.3) is 11.2 Å². The van der Waals surface area contributed by atoms with E-state index in [1.165, 1.54) is 0 Å². The fraction of sp³-hybridized carbons (Fsp3) is 0.220. The smallest absolute Gasteiger partial charge is 0.330 e. The number of piperidine rings is 1. The molecule has 2 aromatic heterocycles. The van der Waals surface area contributed by atoms with Crippen LogP contribution in [-0.2, 0) is 22.7 Å². The van der Waals surface area contributed by atoms with Gasteiger partial charge in [0, 0.05) is 12.1 Å². The van der Waals surface area contributed by atoms with Gasteiger partial charge < -0.3 is 24.4 Å². The molecule has 1 N–H and O–H groups in total. The molecule has 2 unspecified atom stereocenters. The number of aromatic nitrogens is 3. The van der Waals surface area contributed by atoms with Crippen LogP contribution in [0.2, 0.25) is 0 Å². The van der Waals surface area contributed by atoms with Crippen molar-refractivity contribution in [3.8, 4) is 17.2 Å². The van der Waals surface area contributed by atoms with E-state index in [2.05, 4.69) is 5.32 Å². The van der Waals surface area contributed by atoms with Gasteiger partial charge in [-0.3, -0.25) is 18.7 Å². The normalized spacial score (nSPS) is 15.8. The van der Waals surface area contributed by atoms with Crippen LogP contribution in [0, 0.1) is 5.92 Å². The molecule has 2 atom stereocenters. The van der Waals surface area contributed by atoms with E-state index < -0.39 is 12.0 Å². The summed E-state index contributed by atoms with van der Waals surface area (Å²) in [5, 5.41) is 3.04. The molecule has 1 aliphatic heterocycles. The van der Waals surface area contributed by atoms with E-state index in [9.17, 15) is 14.4 Å². The topological polar surface area (TPSA) is 117 Å². The molecule has 0 saturated carbocycles. The number of hydrogen-bond donors (Lipinski definition) is 1. The molecule has 52 heavy (non-hydrogen) atoms. The van der Waals surface area contributed by atoms with E-state index in [1.54, 1.807) is 65.7 Å². The molecule has 0 bridgehead atoms.